The highest BCUT2D eigenvalue weighted by Crippen LogP contribution is 2.18. The van der Waals surface area contributed by atoms with Crippen molar-refractivity contribution in [3.63, 3.8) is 0 Å². The zero-order valence-corrected chi connectivity index (χ0v) is 11.0. The summed E-state index contributed by atoms with van der Waals surface area (Å²) < 4.78 is 32.2. The molecule has 0 saturated heterocycles. The van der Waals surface area contributed by atoms with Crippen molar-refractivity contribution < 1.29 is 22.4 Å². The second-order valence-electron chi connectivity index (χ2n) is 3.68. The van der Waals surface area contributed by atoms with E-state index in [-0.39, 0.29) is 16.4 Å². The van der Waals surface area contributed by atoms with Crippen molar-refractivity contribution in [3.8, 4) is 0 Å². The number of carbonyl (C=O) groups excluding carboxylic acids is 1. The Bertz CT molecular complexity index is 520. The van der Waals surface area contributed by atoms with Gasteiger partial charge in [-0.2, -0.15) is 0 Å². The molecule has 0 saturated carbocycles. The fraction of sp³-hybridized carbons (Fsp3) is 0.500. The van der Waals surface area contributed by atoms with E-state index in [2.05, 4.69) is 5.32 Å². The van der Waals surface area contributed by atoms with Gasteiger partial charge in [0.2, 0.25) is 10.0 Å². The smallest absolute Gasteiger partial charge is 0.287 e. The van der Waals surface area contributed by atoms with E-state index >= 15 is 0 Å². The molecule has 0 aliphatic rings. The molecule has 18 heavy (non-hydrogen) atoms. The number of nitrogens with two attached hydrogens (primary N) is 1. The van der Waals surface area contributed by atoms with Gasteiger partial charge in [-0.15, -0.1) is 0 Å². The van der Waals surface area contributed by atoms with Gasteiger partial charge in [0.25, 0.3) is 5.91 Å². The van der Waals surface area contributed by atoms with Crippen molar-refractivity contribution >= 4 is 15.9 Å². The van der Waals surface area contributed by atoms with Crippen molar-refractivity contribution in [1.82, 2.24) is 5.32 Å². The maximum atomic E-state index is 11.6. The molecule has 0 aliphatic heterocycles. The number of amides is 1. The van der Waals surface area contributed by atoms with Gasteiger partial charge in [-0.25, -0.2) is 13.6 Å². The fourth-order valence-corrected chi connectivity index (χ4v) is 2.08. The Hall–Kier alpha value is -1.38. The first-order valence-corrected chi connectivity index (χ1v) is 6.81. The number of hydrogen-bond donors (Lipinski definition) is 2. The fourth-order valence-electron chi connectivity index (χ4n) is 1.37. The number of rotatable bonds is 6. The Morgan fingerprint density at radius 1 is 1.56 bits per heavy atom. The summed E-state index contributed by atoms with van der Waals surface area (Å²) in [6.45, 7) is 2.37. The number of methoxy groups -OCH3 is 1. The van der Waals surface area contributed by atoms with Crippen LogP contribution in [0.25, 0.3) is 0 Å². The van der Waals surface area contributed by atoms with Crippen LogP contribution in [-0.4, -0.2) is 34.6 Å². The molecule has 1 aromatic heterocycles. The van der Waals surface area contributed by atoms with Gasteiger partial charge in [0.15, 0.2) is 5.76 Å². The van der Waals surface area contributed by atoms with E-state index in [1.807, 2.05) is 0 Å². The molecule has 0 aromatic carbocycles. The van der Waals surface area contributed by atoms with Gasteiger partial charge in [-0.3, -0.25) is 4.79 Å². The Morgan fingerprint density at radius 3 is 2.72 bits per heavy atom. The highest BCUT2D eigenvalue weighted by Gasteiger charge is 2.20. The molecule has 1 heterocycles. The van der Waals surface area contributed by atoms with Crippen LogP contribution in [0.3, 0.4) is 0 Å². The lowest BCUT2D eigenvalue weighted by Gasteiger charge is -2.01. The Kier molecular flexibility index (Phi) is 4.88. The number of hydrogen-bond acceptors (Lipinski definition) is 5. The SMILES string of the molecule is COCCCNC(=O)c1cc(S(N)(=O)=O)c(C)o1. The van der Waals surface area contributed by atoms with Gasteiger partial charge >= 0.3 is 0 Å². The number of aryl methyl sites for hydroxylation is 1. The van der Waals surface area contributed by atoms with Crippen molar-refractivity contribution in [1.29, 1.82) is 0 Å². The molecule has 1 amide bonds. The van der Waals surface area contributed by atoms with Crippen LogP contribution in [0.15, 0.2) is 15.4 Å². The predicted molar refractivity (Wildman–Crippen MR) is 63.6 cm³/mol. The number of carbonyl (C=O) groups is 1. The first-order valence-electron chi connectivity index (χ1n) is 5.26. The lowest BCUT2D eigenvalue weighted by Crippen LogP contribution is -2.24. The quantitative estimate of drug-likeness (QED) is 0.710. The standard InChI is InChI=1S/C10H16N2O5S/c1-7-9(18(11,14)15)6-8(17-7)10(13)12-4-3-5-16-2/h6H,3-5H2,1-2H3,(H,12,13)(H2,11,14,15). The molecule has 8 heteroatoms. The van der Waals surface area contributed by atoms with E-state index in [9.17, 15) is 13.2 Å². The summed E-state index contributed by atoms with van der Waals surface area (Å²) >= 11 is 0. The van der Waals surface area contributed by atoms with Crippen molar-refractivity contribution in [2.45, 2.75) is 18.2 Å². The van der Waals surface area contributed by atoms with Crippen molar-refractivity contribution in [3.05, 3.63) is 17.6 Å². The average molecular weight is 276 g/mol. The molecular formula is C10H16N2O5S. The highest BCUT2D eigenvalue weighted by molar-refractivity contribution is 7.89. The second kappa shape index (κ2) is 5.98. The molecule has 0 atom stereocenters. The monoisotopic (exact) mass is 276 g/mol. The van der Waals surface area contributed by atoms with Gasteiger partial charge in [0.1, 0.15) is 10.7 Å². The van der Waals surface area contributed by atoms with E-state index in [4.69, 9.17) is 14.3 Å². The van der Waals surface area contributed by atoms with Gasteiger partial charge in [-0.05, 0) is 13.3 Å². The molecule has 3 N–H and O–H groups in total. The van der Waals surface area contributed by atoms with Crippen LogP contribution in [0.4, 0.5) is 0 Å². The number of ether oxygens (including phenoxy) is 1. The third-order valence-electron chi connectivity index (χ3n) is 2.21. The zero-order chi connectivity index (χ0) is 13.8. The summed E-state index contributed by atoms with van der Waals surface area (Å²) in [5.74, 6) is -0.461. The van der Waals surface area contributed by atoms with Gasteiger partial charge < -0.3 is 14.5 Å². The first-order chi connectivity index (χ1) is 8.36. The van der Waals surface area contributed by atoms with Gasteiger partial charge in [0, 0.05) is 26.3 Å². The van der Waals surface area contributed by atoms with Crippen LogP contribution in [0.2, 0.25) is 0 Å². The van der Waals surface area contributed by atoms with E-state index < -0.39 is 15.9 Å². The number of furan rings is 1. The lowest BCUT2D eigenvalue weighted by atomic mass is 10.4. The molecule has 1 rings (SSSR count). The van der Waals surface area contributed by atoms with Gasteiger partial charge in [-0.1, -0.05) is 0 Å². The van der Waals surface area contributed by atoms with Gasteiger partial charge in [0.05, 0.1) is 0 Å². The topological polar surface area (TPSA) is 112 Å². The average Bonchev–Trinajstić information content (AvgIpc) is 2.66. The summed E-state index contributed by atoms with van der Waals surface area (Å²) in [5.41, 5.74) is 0. The molecule has 0 aliphatic carbocycles. The van der Waals surface area contributed by atoms with E-state index in [1.54, 1.807) is 7.11 Å². The van der Waals surface area contributed by atoms with Crippen LogP contribution in [0.1, 0.15) is 22.7 Å². The maximum Gasteiger partial charge on any atom is 0.287 e. The number of sulfonamides is 1. The second-order valence-corrected chi connectivity index (χ2v) is 5.21. The Morgan fingerprint density at radius 2 is 2.22 bits per heavy atom. The minimum absolute atomic E-state index is 0.0751. The third kappa shape index (κ3) is 3.83. The molecule has 7 nitrogen and oxygen atoms in total. The minimum Gasteiger partial charge on any atom is -0.455 e. The van der Waals surface area contributed by atoms with E-state index in [0.717, 1.165) is 6.07 Å². The maximum absolute atomic E-state index is 11.6. The van der Waals surface area contributed by atoms with Crippen LogP contribution in [0, 0.1) is 6.92 Å². The molecule has 102 valence electrons. The van der Waals surface area contributed by atoms with Crippen LogP contribution >= 0.6 is 0 Å². The highest BCUT2D eigenvalue weighted by atomic mass is 32.2. The minimum atomic E-state index is -3.87. The molecular weight excluding hydrogens is 260 g/mol. The summed E-state index contributed by atoms with van der Waals surface area (Å²) in [6.07, 6.45) is 0.657. The molecule has 1 aromatic rings. The summed E-state index contributed by atoms with van der Waals surface area (Å²) in [4.78, 5) is 11.4. The molecule has 0 bridgehead atoms. The Labute approximate surface area is 105 Å². The first kappa shape index (κ1) is 14.7. The lowest BCUT2D eigenvalue weighted by molar-refractivity contribution is 0.0919. The van der Waals surface area contributed by atoms with Crippen LogP contribution < -0.4 is 10.5 Å². The molecule has 0 spiro atoms. The predicted octanol–water partition coefficient (Wildman–Crippen LogP) is 0.00172. The molecule has 0 unspecified atom stereocenters. The number of primary sulfonamides is 1. The molecule has 0 radical (unpaired) electrons. The largest absolute Gasteiger partial charge is 0.455 e. The van der Waals surface area contributed by atoms with E-state index in [1.165, 1.54) is 6.92 Å². The number of nitrogens with one attached hydrogen (secondary N) is 1. The summed E-state index contributed by atoms with van der Waals surface area (Å²) in [5, 5.41) is 7.55. The zero-order valence-electron chi connectivity index (χ0n) is 10.2. The van der Waals surface area contributed by atoms with Crippen molar-refractivity contribution in [2.75, 3.05) is 20.3 Å². The van der Waals surface area contributed by atoms with E-state index in [0.29, 0.717) is 19.6 Å². The normalized spacial score (nSPS) is 11.5. The Balaban J connectivity index is 2.71. The van der Waals surface area contributed by atoms with Crippen molar-refractivity contribution in [2.24, 2.45) is 5.14 Å². The molecule has 0 fully saturated rings. The third-order valence-corrected chi connectivity index (χ3v) is 3.23. The summed E-state index contributed by atoms with van der Waals surface area (Å²) in [7, 11) is -2.30. The summed E-state index contributed by atoms with van der Waals surface area (Å²) in [6, 6.07) is 1.12. The van der Waals surface area contributed by atoms with Crippen LogP contribution in [-0.2, 0) is 14.8 Å². The van der Waals surface area contributed by atoms with Crippen LogP contribution in [0.5, 0.6) is 0 Å².